The van der Waals surface area contributed by atoms with E-state index in [2.05, 4.69) is 19.9 Å². The molecule has 1 rings (SSSR count). The zero-order valence-electron chi connectivity index (χ0n) is 6.35. The maximum Gasteiger partial charge on any atom is 0.0479 e. The monoisotopic (exact) mass is 156 g/mol. The van der Waals surface area contributed by atoms with E-state index in [0.717, 1.165) is 6.42 Å². The van der Waals surface area contributed by atoms with Gasteiger partial charge in [-0.15, -0.1) is 11.3 Å². The Morgan fingerprint density at radius 1 is 1.50 bits per heavy atom. The van der Waals surface area contributed by atoms with Gasteiger partial charge in [0.2, 0.25) is 0 Å². The Bertz CT molecular complexity index is 196. The first kappa shape index (κ1) is 7.76. The van der Waals surface area contributed by atoms with E-state index < -0.39 is 0 Å². The van der Waals surface area contributed by atoms with Crippen LogP contribution in [0.4, 0.5) is 0 Å². The van der Waals surface area contributed by atoms with Crippen LogP contribution in [0.15, 0.2) is 6.07 Å². The molecule has 0 spiro atoms. The molecule has 1 N–H and O–H groups in total. The minimum atomic E-state index is 0.263. The first-order chi connectivity index (χ1) is 4.74. The molecule has 56 valence electrons. The molecule has 10 heavy (non-hydrogen) atoms. The van der Waals surface area contributed by atoms with Crippen molar-refractivity contribution in [3.8, 4) is 0 Å². The molecule has 0 atom stereocenters. The van der Waals surface area contributed by atoms with E-state index in [0.29, 0.717) is 0 Å². The third-order valence-electron chi connectivity index (χ3n) is 1.58. The Morgan fingerprint density at radius 3 is 2.60 bits per heavy atom. The quantitative estimate of drug-likeness (QED) is 0.693. The number of thiophene rings is 1. The molecule has 0 radical (unpaired) electrons. The van der Waals surface area contributed by atoms with Crippen molar-refractivity contribution in [1.82, 2.24) is 0 Å². The largest absolute Gasteiger partial charge is 0.396 e. The third-order valence-corrected chi connectivity index (χ3v) is 2.79. The summed E-state index contributed by atoms with van der Waals surface area (Å²) in [5.41, 5.74) is 1.34. The number of hydrogen-bond acceptors (Lipinski definition) is 2. The molecular weight excluding hydrogens is 144 g/mol. The van der Waals surface area contributed by atoms with E-state index >= 15 is 0 Å². The molecule has 0 fully saturated rings. The Balaban J connectivity index is 2.77. The number of aliphatic hydroxyl groups is 1. The summed E-state index contributed by atoms with van der Waals surface area (Å²) in [5.74, 6) is 0. The maximum absolute atomic E-state index is 8.63. The van der Waals surface area contributed by atoms with E-state index in [1.165, 1.54) is 15.3 Å². The average Bonchev–Trinajstić information content (AvgIpc) is 2.14. The van der Waals surface area contributed by atoms with Gasteiger partial charge in [-0.05, 0) is 25.5 Å². The number of rotatable bonds is 2. The fourth-order valence-electron chi connectivity index (χ4n) is 0.883. The third kappa shape index (κ3) is 1.58. The molecule has 0 bridgehead atoms. The van der Waals surface area contributed by atoms with Crippen molar-refractivity contribution < 1.29 is 5.11 Å². The summed E-state index contributed by atoms with van der Waals surface area (Å²) in [6, 6.07) is 2.15. The van der Waals surface area contributed by atoms with Crippen LogP contribution in [0.5, 0.6) is 0 Å². The molecule has 1 aromatic heterocycles. The van der Waals surface area contributed by atoms with Crippen LogP contribution in [0.2, 0.25) is 0 Å². The summed E-state index contributed by atoms with van der Waals surface area (Å²) in [6.07, 6.45) is 0.805. The van der Waals surface area contributed by atoms with Gasteiger partial charge in [0.05, 0.1) is 0 Å². The van der Waals surface area contributed by atoms with Crippen molar-refractivity contribution in [3.63, 3.8) is 0 Å². The molecule has 0 saturated carbocycles. The van der Waals surface area contributed by atoms with Crippen LogP contribution >= 0.6 is 11.3 Å². The Kier molecular flexibility index (Phi) is 2.46. The van der Waals surface area contributed by atoms with Crippen molar-refractivity contribution in [2.75, 3.05) is 6.61 Å². The molecule has 0 amide bonds. The molecule has 0 unspecified atom stereocenters. The lowest BCUT2D eigenvalue weighted by Gasteiger charge is -1.86. The van der Waals surface area contributed by atoms with E-state index in [-0.39, 0.29) is 6.61 Å². The van der Waals surface area contributed by atoms with Crippen molar-refractivity contribution >= 4 is 11.3 Å². The summed E-state index contributed by atoms with van der Waals surface area (Å²) in [6.45, 7) is 4.48. The van der Waals surface area contributed by atoms with E-state index in [4.69, 9.17) is 5.11 Å². The summed E-state index contributed by atoms with van der Waals surface area (Å²) in [4.78, 5) is 2.65. The highest BCUT2D eigenvalue weighted by molar-refractivity contribution is 7.12. The first-order valence-corrected chi connectivity index (χ1v) is 4.22. The average molecular weight is 156 g/mol. The fourth-order valence-corrected chi connectivity index (χ4v) is 1.93. The summed E-state index contributed by atoms with van der Waals surface area (Å²) >= 11 is 1.78. The predicted octanol–water partition coefficient (Wildman–Crippen LogP) is 1.90. The zero-order valence-corrected chi connectivity index (χ0v) is 7.16. The Morgan fingerprint density at radius 2 is 2.20 bits per heavy atom. The van der Waals surface area contributed by atoms with Crippen LogP contribution in [-0.4, -0.2) is 11.7 Å². The standard InChI is InChI=1S/C8H12OS/c1-6-5-8(3-4-9)10-7(6)2/h5,9H,3-4H2,1-2H3. The lowest BCUT2D eigenvalue weighted by Crippen LogP contribution is -1.84. The predicted molar refractivity (Wildman–Crippen MR) is 44.6 cm³/mol. The van der Waals surface area contributed by atoms with Crippen LogP contribution in [0.3, 0.4) is 0 Å². The molecule has 0 aliphatic rings. The van der Waals surface area contributed by atoms with Crippen molar-refractivity contribution in [2.24, 2.45) is 0 Å². The van der Waals surface area contributed by atoms with Gasteiger partial charge in [0.25, 0.3) is 0 Å². The molecular formula is C8H12OS. The zero-order chi connectivity index (χ0) is 7.56. The number of hydrogen-bond donors (Lipinski definition) is 1. The van der Waals surface area contributed by atoms with E-state index in [1.54, 1.807) is 11.3 Å². The molecule has 1 heterocycles. The summed E-state index contributed by atoms with van der Waals surface area (Å²) in [7, 11) is 0. The van der Waals surface area contributed by atoms with Gasteiger partial charge >= 0.3 is 0 Å². The van der Waals surface area contributed by atoms with Gasteiger partial charge < -0.3 is 5.11 Å². The molecule has 2 heteroatoms. The molecule has 0 saturated heterocycles. The second-order valence-electron chi connectivity index (χ2n) is 2.43. The van der Waals surface area contributed by atoms with Crippen molar-refractivity contribution in [1.29, 1.82) is 0 Å². The highest BCUT2D eigenvalue weighted by Gasteiger charge is 1.99. The second kappa shape index (κ2) is 3.17. The number of aliphatic hydroxyl groups excluding tert-OH is 1. The van der Waals surface area contributed by atoms with Crippen molar-refractivity contribution in [3.05, 3.63) is 21.4 Å². The Labute approximate surface area is 65.3 Å². The van der Waals surface area contributed by atoms with Crippen LogP contribution < -0.4 is 0 Å². The minimum Gasteiger partial charge on any atom is -0.396 e. The highest BCUT2D eigenvalue weighted by Crippen LogP contribution is 2.20. The summed E-state index contributed by atoms with van der Waals surface area (Å²) < 4.78 is 0. The molecule has 0 aliphatic heterocycles. The summed E-state index contributed by atoms with van der Waals surface area (Å²) in [5, 5.41) is 8.63. The highest BCUT2D eigenvalue weighted by atomic mass is 32.1. The molecule has 1 nitrogen and oxygen atoms in total. The van der Waals surface area contributed by atoms with Gasteiger partial charge in [-0.3, -0.25) is 0 Å². The van der Waals surface area contributed by atoms with Crippen LogP contribution in [0, 0.1) is 13.8 Å². The number of aryl methyl sites for hydroxylation is 2. The van der Waals surface area contributed by atoms with Crippen LogP contribution in [-0.2, 0) is 6.42 Å². The van der Waals surface area contributed by atoms with Gasteiger partial charge in [-0.2, -0.15) is 0 Å². The van der Waals surface area contributed by atoms with E-state index in [9.17, 15) is 0 Å². The fraction of sp³-hybridized carbons (Fsp3) is 0.500. The molecule has 1 aromatic rings. The van der Waals surface area contributed by atoms with Gasteiger partial charge in [0.1, 0.15) is 0 Å². The first-order valence-electron chi connectivity index (χ1n) is 3.41. The lowest BCUT2D eigenvalue weighted by molar-refractivity contribution is 0.300. The van der Waals surface area contributed by atoms with Gasteiger partial charge in [0, 0.05) is 22.8 Å². The van der Waals surface area contributed by atoms with Crippen LogP contribution in [0.1, 0.15) is 15.3 Å². The van der Waals surface area contributed by atoms with Crippen molar-refractivity contribution in [2.45, 2.75) is 20.3 Å². The SMILES string of the molecule is Cc1cc(CCO)sc1C. The lowest BCUT2D eigenvalue weighted by atomic mass is 10.2. The van der Waals surface area contributed by atoms with Gasteiger partial charge in [0.15, 0.2) is 0 Å². The molecule has 0 aliphatic carbocycles. The van der Waals surface area contributed by atoms with E-state index in [1.807, 2.05) is 0 Å². The minimum absolute atomic E-state index is 0.263. The second-order valence-corrected chi connectivity index (χ2v) is 3.77. The smallest absolute Gasteiger partial charge is 0.0479 e. The topological polar surface area (TPSA) is 20.2 Å². The Hall–Kier alpha value is -0.340. The molecule has 0 aromatic carbocycles. The van der Waals surface area contributed by atoms with Gasteiger partial charge in [-0.25, -0.2) is 0 Å². The normalized spacial score (nSPS) is 10.3. The maximum atomic E-state index is 8.63. The van der Waals surface area contributed by atoms with Gasteiger partial charge in [-0.1, -0.05) is 0 Å². The van der Waals surface area contributed by atoms with Crippen LogP contribution in [0.25, 0.3) is 0 Å².